The van der Waals surface area contributed by atoms with Gasteiger partial charge in [-0.25, -0.2) is 4.39 Å². The lowest BCUT2D eigenvalue weighted by Crippen LogP contribution is -2.26. The van der Waals surface area contributed by atoms with E-state index in [2.05, 4.69) is 0 Å². The molecule has 0 aromatic carbocycles. The SMILES string of the molecule is CO[C@@H]1O[C@H](CO)[C@@H](F)[C@H]1Cl. The van der Waals surface area contributed by atoms with Gasteiger partial charge in [0, 0.05) is 7.11 Å². The zero-order chi connectivity index (χ0) is 8.43. The second kappa shape index (κ2) is 3.67. The Bertz CT molecular complexity index is 117. The summed E-state index contributed by atoms with van der Waals surface area (Å²) < 4.78 is 22.5. The molecule has 0 unspecified atom stereocenters. The van der Waals surface area contributed by atoms with E-state index < -0.39 is 23.9 Å². The van der Waals surface area contributed by atoms with Gasteiger partial charge in [-0.1, -0.05) is 0 Å². The van der Waals surface area contributed by atoms with E-state index in [9.17, 15) is 4.39 Å². The first-order valence-corrected chi connectivity index (χ1v) is 3.71. The van der Waals surface area contributed by atoms with Gasteiger partial charge in [-0.05, 0) is 0 Å². The number of halogens is 2. The van der Waals surface area contributed by atoms with E-state index >= 15 is 0 Å². The van der Waals surface area contributed by atoms with Crippen molar-refractivity contribution in [2.45, 2.75) is 23.9 Å². The lowest BCUT2D eigenvalue weighted by atomic mass is 10.2. The topological polar surface area (TPSA) is 38.7 Å². The molecule has 0 spiro atoms. The standard InChI is InChI=1S/C6H10ClFO3/c1-10-6-4(7)5(8)3(2-9)11-6/h3-6,9H,2H2,1H3/t3-,4-,5-,6-/m1/s1. The van der Waals surface area contributed by atoms with Gasteiger partial charge in [-0.2, -0.15) is 0 Å². The highest BCUT2D eigenvalue weighted by molar-refractivity contribution is 6.21. The van der Waals surface area contributed by atoms with Crippen molar-refractivity contribution in [3.8, 4) is 0 Å². The van der Waals surface area contributed by atoms with Gasteiger partial charge in [0.05, 0.1) is 6.61 Å². The molecule has 0 radical (unpaired) electrons. The van der Waals surface area contributed by atoms with Crippen LogP contribution >= 0.6 is 11.6 Å². The molecule has 11 heavy (non-hydrogen) atoms. The van der Waals surface area contributed by atoms with Crippen LogP contribution in [-0.4, -0.2) is 42.8 Å². The second-order valence-electron chi connectivity index (χ2n) is 2.35. The molecule has 0 aromatic heterocycles. The van der Waals surface area contributed by atoms with Crippen molar-refractivity contribution < 1.29 is 19.0 Å². The molecule has 1 aliphatic rings. The summed E-state index contributed by atoms with van der Waals surface area (Å²) in [6.07, 6.45) is -2.95. The molecular formula is C6H10ClFO3. The maximum atomic E-state index is 12.9. The summed E-state index contributed by atoms with van der Waals surface area (Å²) in [6, 6.07) is 0. The third-order valence-corrected chi connectivity index (χ3v) is 2.09. The molecule has 1 heterocycles. The molecule has 1 fully saturated rings. The Labute approximate surface area is 69.0 Å². The summed E-state index contributed by atoms with van der Waals surface area (Å²) in [7, 11) is 1.38. The average Bonchev–Trinajstić information content (AvgIpc) is 2.30. The normalized spacial score (nSPS) is 44.7. The first-order chi connectivity index (χ1) is 5.20. The number of ether oxygens (including phenoxy) is 2. The van der Waals surface area contributed by atoms with Crippen molar-refractivity contribution in [2.24, 2.45) is 0 Å². The minimum absolute atomic E-state index is 0.371. The molecule has 4 atom stereocenters. The summed E-state index contributed by atoms with van der Waals surface area (Å²) in [5, 5.41) is 7.77. The quantitative estimate of drug-likeness (QED) is 0.628. The summed E-state index contributed by atoms with van der Waals surface area (Å²) >= 11 is 5.57. The molecule has 1 saturated heterocycles. The van der Waals surface area contributed by atoms with Crippen LogP contribution in [0.15, 0.2) is 0 Å². The molecular weight excluding hydrogens is 175 g/mol. The maximum absolute atomic E-state index is 12.9. The number of aliphatic hydroxyl groups is 1. The zero-order valence-corrected chi connectivity index (χ0v) is 6.79. The minimum atomic E-state index is -1.35. The van der Waals surface area contributed by atoms with Crippen LogP contribution in [-0.2, 0) is 9.47 Å². The molecule has 0 aliphatic carbocycles. The van der Waals surface area contributed by atoms with Gasteiger partial charge >= 0.3 is 0 Å². The van der Waals surface area contributed by atoms with Gasteiger partial charge < -0.3 is 14.6 Å². The molecule has 0 aromatic rings. The highest BCUT2D eigenvalue weighted by Gasteiger charge is 2.43. The van der Waals surface area contributed by atoms with Crippen LogP contribution < -0.4 is 0 Å². The van der Waals surface area contributed by atoms with Crippen LogP contribution in [0.4, 0.5) is 4.39 Å². The molecule has 1 N–H and O–H groups in total. The molecule has 1 rings (SSSR count). The van der Waals surface area contributed by atoms with Gasteiger partial charge in [0.25, 0.3) is 0 Å². The van der Waals surface area contributed by atoms with Crippen LogP contribution in [0.1, 0.15) is 0 Å². The van der Waals surface area contributed by atoms with E-state index in [0.717, 1.165) is 0 Å². The first kappa shape index (κ1) is 9.19. The van der Waals surface area contributed by atoms with Gasteiger partial charge in [-0.3, -0.25) is 0 Å². The number of hydrogen-bond acceptors (Lipinski definition) is 3. The molecule has 0 amide bonds. The monoisotopic (exact) mass is 184 g/mol. The Morgan fingerprint density at radius 2 is 2.36 bits per heavy atom. The van der Waals surface area contributed by atoms with Crippen molar-refractivity contribution in [2.75, 3.05) is 13.7 Å². The van der Waals surface area contributed by atoms with Crippen LogP contribution in [0.3, 0.4) is 0 Å². The zero-order valence-electron chi connectivity index (χ0n) is 6.04. The lowest BCUT2D eigenvalue weighted by molar-refractivity contribution is -0.124. The predicted molar refractivity (Wildman–Crippen MR) is 37.3 cm³/mol. The number of rotatable bonds is 2. The summed E-state index contributed by atoms with van der Waals surface area (Å²) in [4.78, 5) is 0. The van der Waals surface area contributed by atoms with E-state index in [4.69, 9.17) is 26.2 Å². The molecule has 5 heteroatoms. The van der Waals surface area contributed by atoms with E-state index in [1.54, 1.807) is 0 Å². The highest BCUT2D eigenvalue weighted by atomic mass is 35.5. The number of methoxy groups -OCH3 is 1. The van der Waals surface area contributed by atoms with Crippen molar-refractivity contribution in [1.29, 1.82) is 0 Å². The Kier molecular flexibility index (Phi) is 3.06. The minimum Gasteiger partial charge on any atom is -0.394 e. The number of alkyl halides is 2. The van der Waals surface area contributed by atoms with Gasteiger partial charge in [0.1, 0.15) is 17.7 Å². The Balaban J connectivity index is 2.53. The van der Waals surface area contributed by atoms with Crippen LogP contribution in [0, 0.1) is 0 Å². The fourth-order valence-corrected chi connectivity index (χ4v) is 1.33. The third kappa shape index (κ3) is 1.64. The van der Waals surface area contributed by atoms with E-state index in [0.29, 0.717) is 0 Å². The fourth-order valence-electron chi connectivity index (χ4n) is 1.01. The molecule has 3 nitrogen and oxygen atoms in total. The Morgan fingerprint density at radius 1 is 1.73 bits per heavy atom. The van der Waals surface area contributed by atoms with Crippen LogP contribution in [0.2, 0.25) is 0 Å². The fraction of sp³-hybridized carbons (Fsp3) is 1.00. The van der Waals surface area contributed by atoms with E-state index in [1.807, 2.05) is 0 Å². The maximum Gasteiger partial charge on any atom is 0.176 e. The van der Waals surface area contributed by atoms with Crippen LogP contribution in [0.25, 0.3) is 0 Å². The Hall–Kier alpha value is 0.100. The summed E-state index contributed by atoms with van der Waals surface area (Å²) in [6.45, 7) is -0.371. The van der Waals surface area contributed by atoms with E-state index in [1.165, 1.54) is 7.11 Å². The second-order valence-corrected chi connectivity index (χ2v) is 2.85. The highest BCUT2D eigenvalue weighted by Crippen LogP contribution is 2.28. The number of aliphatic hydroxyl groups excluding tert-OH is 1. The first-order valence-electron chi connectivity index (χ1n) is 3.28. The van der Waals surface area contributed by atoms with Gasteiger partial charge in [-0.15, -0.1) is 11.6 Å². The Morgan fingerprint density at radius 3 is 2.64 bits per heavy atom. The largest absolute Gasteiger partial charge is 0.394 e. The summed E-state index contributed by atoms with van der Waals surface area (Å²) in [5.74, 6) is 0. The molecule has 0 saturated carbocycles. The lowest BCUT2D eigenvalue weighted by Gasteiger charge is -2.09. The predicted octanol–water partition coefficient (Wildman–Crippen LogP) is 0.295. The van der Waals surface area contributed by atoms with E-state index in [-0.39, 0.29) is 6.61 Å². The molecule has 66 valence electrons. The van der Waals surface area contributed by atoms with Crippen molar-refractivity contribution in [3.63, 3.8) is 0 Å². The van der Waals surface area contributed by atoms with Crippen LogP contribution in [0.5, 0.6) is 0 Å². The molecule has 1 aliphatic heterocycles. The van der Waals surface area contributed by atoms with Crippen molar-refractivity contribution in [3.05, 3.63) is 0 Å². The smallest absolute Gasteiger partial charge is 0.176 e. The van der Waals surface area contributed by atoms with Crippen molar-refractivity contribution in [1.82, 2.24) is 0 Å². The van der Waals surface area contributed by atoms with Crippen molar-refractivity contribution >= 4 is 11.6 Å². The number of hydrogen-bond donors (Lipinski definition) is 1. The van der Waals surface area contributed by atoms with Gasteiger partial charge in [0.15, 0.2) is 6.29 Å². The van der Waals surface area contributed by atoms with Gasteiger partial charge in [0.2, 0.25) is 0 Å². The summed E-state index contributed by atoms with van der Waals surface area (Å²) in [5.41, 5.74) is 0. The molecule has 0 bridgehead atoms. The third-order valence-electron chi connectivity index (χ3n) is 1.64. The average molecular weight is 185 g/mol.